The molecule has 0 N–H and O–H groups in total. The molecule has 2 aromatic carbocycles. The number of ether oxygens (including phenoxy) is 3. The van der Waals surface area contributed by atoms with Crippen molar-refractivity contribution >= 4 is 0 Å². The maximum atomic E-state index is 5.42. The molecule has 0 bridgehead atoms. The zero-order chi connectivity index (χ0) is 15.3. The van der Waals surface area contributed by atoms with Crippen molar-refractivity contribution in [1.29, 1.82) is 0 Å². The van der Waals surface area contributed by atoms with Crippen LogP contribution in [0.3, 0.4) is 0 Å². The fourth-order valence-corrected chi connectivity index (χ4v) is 2.27. The minimum Gasteiger partial charge on any atom is -0.497 e. The third kappa shape index (κ3) is 3.56. The standard InChI is InChI=1S/C18H22O3/c1-18(2,14-5-9-16(20-4)10-6-14)15-7-11-17(12-8-15)21-13-19-3/h5-12H,13H2,1-4H3. The Morgan fingerprint density at radius 3 is 1.67 bits per heavy atom. The molecule has 0 aromatic heterocycles. The van der Waals surface area contributed by atoms with E-state index >= 15 is 0 Å². The van der Waals surface area contributed by atoms with Crippen LogP contribution in [0.1, 0.15) is 25.0 Å². The summed E-state index contributed by atoms with van der Waals surface area (Å²) in [5.41, 5.74) is 2.40. The van der Waals surface area contributed by atoms with Gasteiger partial charge in [0, 0.05) is 12.5 Å². The first kappa shape index (κ1) is 15.4. The molecule has 2 rings (SSSR count). The average Bonchev–Trinajstić information content (AvgIpc) is 2.53. The van der Waals surface area contributed by atoms with Gasteiger partial charge in [-0.1, -0.05) is 38.1 Å². The number of rotatable bonds is 6. The van der Waals surface area contributed by atoms with Gasteiger partial charge in [-0.05, 0) is 35.4 Å². The highest BCUT2D eigenvalue weighted by molar-refractivity contribution is 5.41. The van der Waals surface area contributed by atoms with Gasteiger partial charge in [-0.3, -0.25) is 0 Å². The quantitative estimate of drug-likeness (QED) is 0.751. The predicted octanol–water partition coefficient (Wildman–Crippen LogP) is 4.00. The maximum Gasteiger partial charge on any atom is 0.188 e. The highest BCUT2D eigenvalue weighted by Crippen LogP contribution is 2.33. The van der Waals surface area contributed by atoms with E-state index in [9.17, 15) is 0 Å². The van der Waals surface area contributed by atoms with Crippen molar-refractivity contribution in [1.82, 2.24) is 0 Å². The van der Waals surface area contributed by atoms with Crippen LogP contribution in [0.15, 0.2) is 48.5 Å². The van der Waals surface area contributed by atoms with Crippen LogP contribution in [0.4, 0.5) is 0 Å². The minimum atomic E-state index is -0.0773. The van der Waals surface area contributed by atoms with Gasteiger partial charge in [0.15, 0.2) is 6.79 Å². The molecule has 0 spiro atoms. The van der Waals surface area contributed by atoms with Gasteiger partial charge in [0.1, 0.15) is 11.5 Å². The zero-order valence-corrected chi connectivity index (χ0v) is 13.1. The number of methoxy groups -OCH3 is 2. The van der Waals surface area contributed by atoms with Gasteiger partial charge in [0.2, 0.25) is 0 Å². The van der Waals surface area contributed by atoms with E-state index in [2.05, 4.69) is 38.1 Å². The Bertz CT molecular complexity index is 556. The Kier molecular flexibility index (Phi) is 4.86. The van der Waals surface area contributed by atoms with Crippen LogP contribution in [0, 0.1) is 0 Å². The molecule has 0 amide bonds. The second-order valence-electron chi connectivity index (χ2n) is 5.43. The van der Waals surface area contributed by atoms with Crippen molar-refractivity contribution in [3.63, 3.8) is 0 Å². The molecule has 0 radical (unpaired) electrons. The number of hydrogen-bond acceptors (Lipinski definition) is 3. The second-order valence-corrected chi connectivity index (χ2v) is 5.43. The van der Waals surface area contributed by atoms with Crippen LogP contribution in [0.25, 0.3) is 0 Å². The van der Waals surface area contributed by atoms with Gasteiger partial charge < -0.3 is 14.2 Å². The lowest BCUT2D eigenvalue weighted by Gasteiger charge is -2.26. The molecule has 0 aliphatic heterocycles. The molecule has 0 saturated carbocycles. The molecule has 0 unspecified atom stereocenters. The van der Waals surface area contributed by atoms with E-state index in [0.29, 0.717) is 0 Å². The van der Waals surface area contributed by atoms with E-state index in [0.717, 1.165) is 11.5 Å². The number of hydrogen-bond donors (Lipinski definition) is 0. The van der Waals surface area contributed by atoms with Crippen LogP contribution >= 0.6 is 0 Å². The summed E-state index contributed by atoms with van der Waals surface area (Å²) in [5, 5.41) is 0. The fourth-order valence-electron chi connectivity index (χ4n) is 2.27. The molecular weight excluding hydrogens is 264 g/mol. The summed E-state index contributed by atoms with van der Waals surface area (Å²) in [6, 6.07) is 16.3. The van der Waals surface area contributed by atoms with E-state index in [4.69, 9.17) is 14.2 Å². The molecule has 3 nitrogen and oxygen atoms in total. The molecular formula is C18H22O3. The average molecular weight is 286 g/mol. The Hall–Kier alpha value is -2.00. The predicted molar refractivity (Wildman–Crippen MR) is 84.1 cm³/mol. The summed E-state index contributed by atoms with van der Waals surface area (Å²) in [7, 11) is 3.29. The van der Waals surface area contributed by atoms with Crippen LogP contribution in [0.2, 0.25) is 0 Å². The number of benzene rings is 2. The van der Waals surface area contributed by atoms with Crippen molar-refractivity contribution in [3.8, 4) is 11.5 Å². The molecule has 112 valence electrons. The largest absolute Gasteiger partial charge is 0.497 e. The van der Waals surface area contributed by atoms with E-state index in [1.165, 1.54) is 11.1 Å². The monoisotopic (exact) mass is 286 g/mol. The minimum absolute atomic E-state index is 0.0773. The summed E-state index contributed by atoms with van der Waals surface area (Å²) in [6.45, 7) is 4.68. The lowest BCUT2D eigenvalue weighted by Crippen LogP contribution is -2.18. The first-order valence-electron chi connectivity index (χ1n) is 6.94. The van der Waals surface area contributed by atoms with Crippen molar-refractivity contribution in [2.75, 3.05) is 21.0 Å². The van der Waals surface area contributed by atoms with Crippen LogP contribution in [0.5, 0.6) is 11.5 Å². The third-order valence-corrected chi connectivity index (χ3v) is 3.73. The van der Waals surface area contributed by atoms with Gasteiger partial charge in [-0.15, -0.1) is 0 Å². The first-order chi connectivity index (χ1) is 10.1. The van der Waals surface area contributed by atoms with Crippen molar-refractivity contribution in [2.45, 2.75) is 19.3 Å². The van der Waals surface area contributed by atoms with Gasteiger partial charge in [0.25, 0.3) is 0 Å². The van der Waals surface area contributed by atoms with Crippen LogP contribution in [-0.4, -0.2) is 21.0 Å². The molecule has 0 fully saturated rings. The van der Waals surface area contributed by atoms with Crippen molar-refractivity contribution in [3.05, 3.63) is 59.7 Å². The van der Waals surface area contributed by atoms with Gasteiger partial charge >= 0.3 is 0 Å². The van der Waals surface area contributed by atoms with Crippen molar-refractivity contribution < 1.29 is 14.2 Å². The Morgan fingerprint density at radius 1 is 0.762 bits per heavy atom. The molecule has 0 heterocycles. The summed E-state index contributed by atoms with van der Waals surface area (Å²) in [5.74, 6) is 1.68. The molecule has 2 aromatic rings. The first-order valence-corrected chi connectivity index (χ1v) is 6.94. The van der Waals surface area contributed by atoms with E-state index in [1.54, 1.807) is 14.2 Å². The SMILES string of the molecule is COCOc1ccc(C(C)(C)c2ccc(OC)cc2)cc1. The molecule has 21 heavy (non-hydrogen) atoms. The zero-order valence-electron chi connectivity index (χ0n) is 13.1. The summed E-state index contributed by atoms with van der Waals surface area (Å²) in [4.78, 5) is 0. The molecule has 3 heteroatoms. The smallest absolute Gasteiger partial charge is 0.188 e. The summed E-state index contributed by atoms with van der Waals surface area (Å²) < 4.78 is 15.5. The maximum absolute atomic E-state index is 5.42. The van der Waals surface area contributed by atoms with Gasteiger partial charge in [-0.2, -0.15) is 0 Å². The Balaban J connectivity index is 2.21. The lowest BCUT2D eigenvalue weighted by atomic mass is 9.78. The molecule has 0 atom stereocenters. The van der Waals surface area contributed by atoms with E-state index < -0.39 is 0 Å². The van der Waals surface area contributed by atoms with Crippen LogP contribution in [-0.2, 0) is 10.2 Å². The third-order valence-electron chi connectivity index (χ3n) is 3.73. The second kappa shape index (κ2) is 6.64. The normalized spacial score (nSPS) is 11.2. The Labute approximate surface area is 126 Å². The van der Waals surface area contributed by atoms with Crippen LogP contribution < -0.4 is 9.47 Å². The summed E-state index contributed by atoms with van der Waals surface area (Å²) >= 11 is 0. The highest BCUT2D eigenvalue weighted by atomic mass is 16.7. The van der Waals surface area contributed by atoms with E-state index in [-0.39, 0.29) is 12.2 Å². The van der Waals surface area contributed by atoms with Gasteiger partial charge in [0.05, 0.1) is 7.11 Å². The summed E-state index contributed by atoms with van der Waals surface area (Å²) in [6.07, 6.45) is 0. The fraction of sp³-hybridized carbons (Fsp3) is 0.333. The molecule has 0 saturated heterocycles. The van der Waals surface area contributed by atoms with Crippen molar-refractivity contribution in [2.24, 2.45) is 0 Å². The van der Waals surface area contributed by atoms with E-state index in [1.807, 2.05) is 24.3 Å². The molecule has 0 aliphatic rings. The highest BCUT2D eigenvalue weighted by Gasteiger charge is 2.23. The molecule has 0 aliphatic carbocycles. The topological polar surface area (TPSA) is 27.7 Å². The Morgan fingerprint density at radius 2 is 1.24 bits per heavy atom. The lowest BCUT2D eigenvalue weighted by molar-refractivity contribution is 0.0511. The van der Waals surface area contributed by atoms with Gasteiger partial charge in [-0.25, -0.2) is 0 Å².